The molecule has 3 aromatic rings. The molecule has 3 fully saturated rings. The molecule has 2 aliphatic heterocycles. The number of benzene rings is 2. The third-order valence-electron chi connectivity index (χ3n) is 10.1. The summed E-state index contributed by atoms with van der Waals surface area (Å²) in [7, 11) is 0. The van der Waals surface area contributed by atoms with Gasteiger partial charge in [0, 0.05) is 50.4 Å². The summed E-state index contributed by atoms with van der Waals surface area (Å²) in [5.74, 6) is -3.76. The lowest BCUT2D eigenvalue weighted by molar-refractivity contribution is -0.146. The van der Waals surface area contributed by atoms with Crippen molar-refractivity contribution in [2.24, 2.45) is 16.6 Å². The van der Waals surface area contributed by atoms with Gasteiger partial charge in [-0.15, -0.1) is 0 Å². The first-order chi connectivity index (χ1) is 23.6. The number of carbonyl (C=O) groups excluding carboxylic acids is 5. The molecule has 12 heteroatoms. The standard InChI is InChI=1S/C37H41N5O7/c38-33(45)32(44)37(15-18-49-19-16-37)40-35(47)30-22-28(41-17-7-6-12-31(41)43)23-42(30)36(48)29(20-24-8-2-1-3-9-24)39-34(46)27-14-13-25-10-4-5-11-26(25)21-27/h4-7,10-14,17,21,24,28,30H,1-3,8-9,15-16,18-20,22-23H2,(H2,38,45)(H,40,47)/b39-29+/t28-,30-/m0/s1. The maximum Gasteiger partial charge on any atom is 0.287 e. The Hall–Kier alpha value is -4.97. The molecule has 1 aliphatic carbocycles. The molecule has 0 bridgehead atoms. The maximum atomic E-state index is 14.6. The van der Waals surface area contributed by atoms with E-state index < -0.39 is 47.0 Å². The van der Waals surface area contributed by atoms with Crippen molar-refractivity contribution in [2.75, 3.05) is 19.8 Å². The number of likely N-dealkylation sites (tertiary alicyclic amines) is 1. The Bertz CT molecular complexity index is 1850. The molecule has 3 N–H and O–H groups in total. The minimum atomic E-state index is -1.58. The van der Waals surface area contributed by atoms with Crippen molar-refractivity contribution in [3.63, 3.8) is 0 Å². The summed E-state index contributed by atoms with van der Waals surface area (Å²) in [6, 6.07) is 15.9. The number of hydrogen-bond acceptors (Lipinski definition) is 7. The number of aliphatic imine (C=N–C) groups is 1. The normalized spacial score (nSPS) is 21.3. The van der Waals surface area contributed by atoms with Gasteiger partial charge in [0.25, 0.3) is 23.3 Å². The first-order valence-electron chi connectivity index (χ1n) is 17.0. The second-order valence-electron chi connectivity index (χ2n) is 13.3. The highest BCUT2D eigenvalue weighted by Crippen LogP contribution is 2.32. The number of Topliss-reactive ketones (excluding diaryl/α,β-unsaturated/α-hetero) is 1. The van der Waals surface area contributed by atoms with Gasteiger partial charge in [0.1, 0.15) is 17.3 Å². The number of carbonyl (C=O) groups is 5. The molecule has 0 radical (unpaired) electrons. The maximum absolute atomic E-state index is 14.6. The fourth-order valence-electron chi connectivity index (χ4n) is 7.43. The van der Waals surface area contributed by atoms with Gasteiger partial charge < -0.3 is 25.3 Å². The SMILES string of the molecule is NC(=O)C(=O)C1(NC(=O)[C@@H]2C[C@H](n3ccccc3=O)CN2C(=O)/C(CC2CCCCC2)=N/C(=O)c2ccc3ccccc3c2)CCOCC1. The molecular weight excluding hydrogens is 626 g/mol. The van der Waals surface area contributed by atoms with Crippen LogP contribution < -0.4 is 16.6 Å². The van der Waals surface area contributed by atoms with Crippen LogP contribution in [-0.4, -0.2) is 75.9 Å². The van der Waals surface area contributed by atoms with Crippen molar-refractivity contribution in [1.82, 2.24) is 14.8 Å². The Morgan fingerprint density at radius 1 is 0.918 bits per heavy atom. The molecule has 12 nitrogen and oxygen atoms in total. The summed E-state index contributed by atoms with van der Waals surface area (Å²) in [5.41, 5.74) is 3.91. The lowest BCUT2D eigenvalue weighted by Gasteiger charge is -2.37. The van der Waals surface area contributed by atoms with Crippen LogP contribution >= 0.6 is 0 Å². The van der Waals surface area contributed by atoms with Gasteiger partial charge in [-0.25, -0.2) is 4.99 Å². The number of primary amides is 1. The lowest BCUT2D eigenvalue weighted by atomic mass is 9.84. The van der Waals surface area contributed by atoms with Crippen LogP contribution in [0.2, 0.25) is 0 Å². The molecule has 3 aliphatic rings. The topological polar surface area (TPSA) is 170 Å². The van der Waals surface area contributed by atoms with E-state index in [0.717, 1.165) is 42.9 Å². The van der Waals surface area contributed by atoms with Gasteiger partial charge >= 0.3 is 0 Å². The molecule has 2 saturated heterocycles. The molecular formula is C37H41N5O7. The van der Waals surface area contributed by atoms with Crippen molar-refractivity contribution >= 4 is 45.9 Å². The van der Waals surface area contributed by atoms with Gasteiger partial charge in [-0.05, 0) is 47.7 Å². The Labute approximate surface area is 283 Å². The minimum absolute atomic E-state index is 0.00539. The van der Waals surface area contributed by atoms with E-state index in [4.69, 9.17) is 10.5 Å². The summed E-state index contributed by atoms with van der Waals surface area (Å²) in [5, 5.41) is 4.60. The number of nitrogens with one attached hydrogen (secondary N) is 1. The molecule has 3 heterocycles. The van der Waals surface area contributed by atoms with Crippen LogP contribution in [0.15, 0.2) is 76.6 Å². The largest absolute Gasteiger partial charge is 0.381 e. The molecule has 4 amide bonds. The highest BCUT2D eigenvalue weighted by Gasteiger charge is 2.48. The van der Waals surface area contributed by atoms with E-state index in [-0.39, 0.29) is 62.6 Å². The zero-order chi connectivity index (χ0) is 34.5. The molecule has 2 atom stereocenters. The number of ether oxygens (including phenoxy) is 1. The number of pyridine rings is 1. The molecule has 2 aromatic carbocycles. The zero-order valence-corrected chi connectivity index (χ0v) is 27.3. The van der Waals surface area contributed by atoms with Crippen molar-refractivity contribution in [2.45, 2.75) is 75.4 Å². The number of nitrogens with zero attached hydrogens (tertiary/aromatic N) is 3. The molecule has 6 rings (SSSR count). The number of fused-ring (bicyclic) bond motifs is 1. The van der Waals surface area contributed by atoms with Crippen LogP contribution in [-0.2, 0) is 23.9 Å². The smallest absolute Gasteiger partial charge is 0.287 e. The Balaban J connectivity index is 1.36. The number of ketones is 1. The van der Waals surface area contributed by atoms with Gasteiger partial charge in [-0.1, -0.05) is 68.5 Å². The Morgan fingerprint density at radius 3 is 2.35 bits per heavy atom. The van der Waals surface area contributed by atoms with Gasteiger partial charge in [-0.3, -0.25) is 28.8 Å². The number of rotatable bonds is 9. The quantitative estimate of drug-likeness (QED) is 0.261. The summed E-state index contributed by atoms with van der Waals surface area (Å²) in [6.07, 6.45) is 6.92. The molecule has 0 spiro atoms. The predicted molar refractivity (Wildman–Crippen MR) is 182 cm³/mol. The average Bonchev–Trinajstić information content (AvgIpc) is 3.57. The van der Waals surface area contributed by atoms with Crippen LogP contribution in [0.25, 0.3) is 10.8 Å². The van der Waals surface area contributed by atoms with E-state index in [9.17, 15) is 28.8 Å². The van der Waals surface area contributed by atoms with E-state index >= 15 is 0 Å². The summed E-state index contributed by atoms with van der Waals surface area (Å²) in [6.45, 7) is 0.252. The second kappa shape index (κ2) is 14.7. The van der Waals surface area contributed by atoms with Crippen molar-refractivity contribution in [3.8, 4) is 0 Å². The van der Waals surface area contributed by atoms with Crippen LogP contribution in [0.4, 0.5) is 0 Å². The predicted octanol–water partition coefficient (Wildman–Crippen LogP) is 3.12. The monoisotopic (exact) mass is 667 g/mol. The minimum Gasteiger partial charge on any atom is -0.381 e. The van der Waals surface area contributed by atoms with E-state index in [1.807, 2.05) is 30.3 Å². The van der Waals surface area contributed by atoms with Crippen LogP contribution in [0, 0.1) is 5.92 Å². The van der Waals surface area contributed by atoms with E-state index in [2.05, 4.69) is 10.3 Å². The second-order valence-corrected chi connectivity index (χ2v) is 13.3. The Morgan fingerprint density at radius 2 is 1.63 bits per heavy atom. The van der Waals surface area contributed by atoms with Crippen LogP contribution in [0.3, 0.4) is 0 Å². The third-order valence-corrected chi connectivity index (χ3v) is 10.1. The van der Waals surface area contributed by atoms with Crippen molar-refractivity contribution in [1.29, 1.82) is 0 Å². The van der Waals surface area contributed by atoms with Crippen LogP contribution in [0.5, 0.6) is 0 Å². The molecule has 1 saturated carbocycles. The summed E-state index contributed by atoms with van der Waals surface area (Å²) < 4.78 is 6.88. The van der Waals surface area contributed by atoms with E-state index in [0.29, 0.717) is 5.56 Å². The summed E-state index contributed by atoms with van der Waals surface area (Å²) in [4.78, 5) is 86.2. The fraction of sp³-hybridized carbons (Fsp3) is 0.432. The van der Waals surface area contributed by atoms with Gasteiger partial charge in [0.15, 0.2) is 0 Å². The number of nitrogens with two attached hydrogens (primary N) is 1. The number of aromatic nitrogens is 1. The van der Waals surface area contributed by atoms with Gasteiger partial charge in [0.2, 0.25) is 11.7 Å². The molecule has 0 unspecified atom stereocenters. The van der Waals surface area contributed by atoms with Crippen molar-refractivity contribution < 1.29 is 28.7 Å². The lowest BCUT2D eigenvalue weighted by Crippen LogP contribution is -2.63. The summed E-state index contributed by atoms with van der Waals surface area (Å²) >= 11 is 0. The number of amides is 4. The first kappa shape index (κ1) is 33.9. The zero-order valence-electron chi connectivity index (χ0n) is 27.3. The molecule has 256 valence electrons. The Kier molecular flexibility index (Phi) is 10.1. The van der Waals surface area contributed by atoms with E-state index in [1.54, 1.807) is 30.5 Å². The average molecular weight is 668 g/mol. The highest BCUT2D eigenvalue weighted by atomic mass is 16.5. The number of hydrogen-bond donors (Lipinski definition) is 2. The van der Waals surface area contributed by atoms with Gasteiger partial charge in [0.05, 0.1) is 6.04 Å². The molecule has 1 aromatic heterocycles. The first-order valence-corrected chi connectivity index (χ1v) is 17.0. The highest BCUT2D eigenvalue weighted by molar-refractivity contribution is 6.41. The van der Waals surface area contributed by atoms with Gasteiger partial charge in [-0.2, -0.15) is 0 Å². The fourth-order valence-corrected chi connectivity index (χ4v) is 7.43. The van der Waals surface area contributed by atoms with E-state index in [1.165, 1.54) is 15.5 Å². The third kappa shape index (κ3) is 7.39. The van der Waals surface area contributed by atoms with Crippen LogP contribution in [0.1, 0.15) is 74.2 Å². The molecule has 49 heavy (non-hydrogen) atoms. The van der Waals surface area contributed by atoms with Crippen molar-refractivity contribution in [3.05, 3.63) is 82.8 Å².